The second-order valence-electron chi connectivity index (χ2n) is 5.73. The standard InChI is InChI=1S/C19H17NO/c1-12(21-20)11-16-8-7-15-6-5-13-3-2-4-14-9-10-17(16)19(15)18(13)14/h2-10,12H,11,20H2,1H3/t12-/m0/s1. The molecule has 0 saturated heterocycles. The summed E-state index contributed by atoms with van der Waals surface area (Å²) in [6.07, 6.45) is 0.841. The molecule has 21 heavy (non-hydrogen) atoms. The van der Waals surface area contributed by atoms with Crippen molar-refractivity contribution in [2.45, 2.75) is 19.4 Å². The summed E-state index contributed by atoms with van der Waals surface area (Å²) >= 11 is 0. The Morgan fingerprint density at radius 1 is 0.857 bits per heavy atom. The SMILES string of the molecule is C[C@@H](Cc1ccc2ccc3cccc4ccc1c2c34)ON. The number of hydrogen-bond donors (Lipinski definition) is 1. The zero-order valence-corrected chi connectivity index (χ0v) is 12.0. The van der Waals surface area contributed by atoms with E-state index in [1.165, 1.54) is 37.9 Å². The first kappa shape index (κ1) is 12.6. The van der Waals surface area contributed by atoms with E-state index in [-0.39, 0.29) is 6.10 Å². The quantitative estimate of drug-likeness (QED) is 0.444. The summed E-state index contributed by atoms with van der Waals surface area (Å²) in [5.74, 6) is 5.31. The first-order chi connectivity index (χ1) is 10.3. The van der Waals surface area contributed by atoms with Gasteiger partial charge in [0.05, 0.1) is 6.10 Å². The fraction of sp³-hybridized carbons (Fsp3) is 0.158. The Balaban J connectivity index is 2.10. The third kappa shape index (κ3) is 1.88. The van der Waals surface area contributed by atoms with Gasteiger partial charge >= 0.3 is 0 Å². The third-order valence-corrected chi connectivity index (χ3v) is 4.36. The van der Waals surface area contributed by atoms with Crippen LogP contribution in [0.1, 0.15) is 12.5 Å². The van der Waals surface area contributed by atoms with Gasteiger partial charge in [0.2, 0.25) is 0 Å². The van der Waals surface area contributed by atoms with Gasteiger partial charge in [-0.15, -0.1) is 0 Å². The molecule has 2 nitrogen and oxygen atoms in total. The Morgan fingerprint density at radius 3 is 2.19 bits per heavy atom. The molecule has 0 aromatic heterocycles. The van der Waals surface area contributed by atoms with Gasteiger partial charge in [-0.1, -0.05) is 54.6 Å². The minimum Gasteiger partial charge on any atom is -0.301 e. The second kappa shape index (κ2) is 4.69. The molecular formula is C19H17NO. The largest absolute Gasteiger partial charge is 0.301 e. The first-order valence-electron chi connectivity index (χ1n) is 7.29. The molecule has 0 saturated carbocycles. The van der Waals surface area contributed by atoms with Crippen molar-refractivity contribution in [3.05, 3.63) is 60.2 Å². The van der Waals surface area contributed by atoms with Crippen molar-refractivity contribution in [1.29, 1.82) is 0 Å². The number of hydrogen-bond acceptors (Lipinski definition) is 2. The van der Waals surface area contributed by atoms with Crippen LogP contribution in [0.15, 0.2) is 54.6 Å². The van der Waals surface area contributed by atoms with Crippen LogP contribution in [0.25, 0.3) is 32.3 Å². The van der Waals surface area contributed by atoms with Crippen molar-refractivity contribution in [3.8, 4) is 0 Å². The zero-order chi connectivity index (χ0) is 14.4. The summed E-state index contributed by atoms with van der Waals surface area (Å²) in [7, 11) is 0. The van der Waals surface area contributed by atoms with Crippen LogP contribution in [-0.2, 0) is 11.3 Å². The molecule has 0 aliphatic carbocycles. The van der Waals surface area contributed by atoms with Crippen LogP contribution in [0.4, 0.5) is 0 Å². The van der Waals surface area contributed by atoms with Crippen molar-refractivity contribution in [2.24, 2.45) is 5.90 Å². The molecule has 0 aliphatic heterocycles. The van der Waals surface area contributed by atoms with Gasteiger partial charge in [-0.2, -0.15) is 0 Å². The highest BCUT2D eigenvalue weighted by molar-refractivity contribution is 6.23. The van der Waals surface area contributed by atoms with E-state index in [4.69, 9.17) is 10.7 Å². The molecule has 0 bridgehead atoms. The van der Waals surface area contributed by atoms with Crippen LogP contribution in [0.3, 0.4) is 0 Å². The molecule has 0 spiro atoms. The van der Waals surface area contributed by atoms with Gasteiger partial charge in [0, 0.05) is 6.42 Å². The Labute approximate surface area is 123 Å². The minimum absolute atomic E-state index is 0.0171. The Morgan fingerprint density at radius 2 is 1.48 bits per heavy atom. The van der Waals surface area contributed by atoms with E-state index in [0.717, 1.165) is 6.42 Å². The number of benzene rings is 4. The zero-order valence-electron chi connectivity index (χ0n) is 12.0. The first-order valence-corrected chi connectivity index (χ1v) is 7.29. The van der Waals surface area contributed by atoms with Crippen molar-refractivity contribution in [3.63, 3.8) is 0 Å². The van der Waals surface area contributed by atoms with Gasteiger partial charge in [0.15, 0.2) is 0 Å². The molecule has 2 N–H and O–H groups in total. The van der Waals surface area contributed by atoms with E-state index in [1.807, 2.05) is 6.92 Å². The average Bonchev–Trinajstić information content (AvgIpc) is 2.53. The highest BCUT2D eigenvalue weighted by Crippen LogP contribution is 2.36. The van der Waals surface area contributed by atoms with Crippen LogP contribution in [0, 0.1) is 0 Å². The lowest BCUT2D eigenvalue weighted by Crippen LogP contribution is -2.16. The molecule has 2 heteroatoms. The van der Waals surface area contributed by atoms with Crippen LogP contribution in [0.5, 0.6) is 0 Å². The van der Waals surface area contributed by atoms with Gasteiger partial charge < -0.3 is 4.84 Å². The van der Waals surface area contributed by atoms with Crippen molar-refractivity contribution < 1.29 is 4.84 Å². The third-order valence-electron chi connectivity index (χ3n) is 4.36. The normalized spacial score (nSPS) is 13.4. The predicted molar refractivity (Wildman–Crippen MR) is 88.6 cm³/mol. The molecule has 104 valence electrons. The topological polar surface area (TPSA) is 35.2 Å². The lowest BCUT2D eigenvalue weighted by Gasteiger charge is -2.15. The van der Waals surface area contributed by atoms with Gasteiger partial charge in [-0.3, -0.25) is 0 Å². The Kier molecular flexibility index (Phi) is 2.81. The highest BCUT2D eigenvalue weighted by Gasteiger charge is 2.12. The molecule has 0 radical (unpaired) electrons. The number of rotatable bonds is 3. The average molecular weight is 275 g/mol. The lowest BCUT2D eigenvalue weighted by molar-refractivity contribution is 0.0673. The van der Waals surface area contributed by atoms with E-state index in [9.17, 15) is 0 Å². The predicted octanol–water partition coefficient (Wildman–Crippen LogP) is 4.41. The van der Waals surface area contributed by atoms with Crippen LogP contribution >= 0.6 is 0 Å². The Hall–Kier alpha value is -2.16. The van der Waals surface area contributed by atoms with Gasteiger partial charge in [-0.25, -0.2) is 5.90 Å². The summed E-state index contributed by atoms with van der Waals surface area (Å²) in [6, 6.07) is 19.7. The van der Waals surface area contributed by atoms with E-state index in [2.05, 4.69) is 54.6 Å². The fourth-order valence-corrected chi connectivity index (χ4v) is 3.33. The Bertz CT molecular complexity index is 913. The summed E-state index contributed by atoms with van der Waals surface area (Å²) in [5.41, 5.74) is 1.29. The van der Waals surface area contributed by atoms with E-state index < -0.39 is 0 Å². The maximum atomic E-state index is 5.31. The molecule has 1 atom stereocenters. The van der Waals surface area contributed by atoms with E-state index in [1.54, 1.807) is 0 Å². The summed E-state index contributed by atoms with van der Waals surface area (Å²) < 4.78 is 0. The molecule has 4 aromatic carbocycles. The smallest absolute Gasteiger partial charge is 0.0799 e. The lowest BCUT2D eigenvalue weighted by atomic mass is 9.90. The maximum Gasteiger partial charge on any atom is 0.0799 e. The summed E-state index contributed by atoms with van der Waals surface area (Å²) in [6.45, 7) is 2.00. The molecule has 4 rings (SSSR count). The van der Waals surface area contributed by atoms with E-state index >= 15 is 0 Å². The van der Waals surface area contributed by atoms with Crippen molar-refractivity contribution >= 4 is 32.3 Å². The minimum atomic E-state index is 0.0171. The molecule has 4 aromatic rings. The van der Waals surface area contributed by atoms with E-state index in [0.29, 0.717) is 0 Å². The molecule has 0 fully saturated rings. The molecular weight excluding hydrogens is 258 g/mol. The van der Waals surface area contributed by atoms with Crippen LogP contribution < -0.4 is 5.90 Å². The molecule has 0 amide bonds. The van der Waals surface area contributed by atoms with Crippen molar-refractivity contribution in [1.82, 2.24) is 0 Å². The summed E-state index contributed by atoms with van der Waals surface area (Å²) in [5, 5.41) is 7.90. The van der Waals surface area contributed by atoms with Gasteiger partial charge in [0.1, 0.15) is 0 Å². The van der Waals surface area contributed by atoms with Crippen LogP contribution in [-0.4, -0.2) is 6.10 Å². The monoisotopic (exact) mass is 275 g/mol. The molecule has 0 heterocycles. The van der Waals surface area contributed by atoms with Gasteiger partial charge in [0.25, 0.3) is 0 Å². The second-order valence-corrected chi connectivity index (χ2v) is 5.73. The van der Waals surface area contributed by atoms with Crippen molar-refractivity contribution in [2.75, 3.05) is 0 Å². The fourth-order valence-electron chi connectivity index (χ4n) is 3.33. The maximum absolute atomic E-state index is 5.31. The summed E-state index contributed by atoms with van der Waals surface area (Å²) in [4.78, 5) is 4.94. The molecule has 0 aliphatic rings. The number of nitrogens with two attached hydrogens (primary N) is 1. The van der Waals surface area contributed by atoms with Crippen LogP contribution in [0.2, 0.25) is 0 Å². The molecule has 0 unspecified atom stereocenters. The van der Waals surface area contributed by atoms with Gasteiger partial charge in [-0.05, 0) is 44.8 Å². The highest BCUT2D eigenvalue weighted by atomic mass is 16.6.